The molecule has 0 radical (unpaired) electrons. The number of benzene rings is 1. The van der Waals surface area contributed by atoms with Gasteiger partial charge in [-0.3, -0.25) is 9.89 Å². The molecule has 3 rings (SSSR count). The standard InChI is InChI=1S/C17H22N4O/c1-2-10-21-12-14(8-9-16(21)22)17-18-15(19-20-17)11-13-6-4-3-5-7-13/h3-7,14H,2,8-12H2,1H3,(H,18,19,20)/t14-/m0/s1. The number of piperidine rings is 1. The summed E-state index contributed by atoms with van der Waals surface area (Å²) in [7, 11) is 0. The molecule has 0 saturated carbocycles. The number of hydrogen-bond acceptors (Lipinski definition) is 3. The van der Waals surface area contributed by atoms with Gasteiger partial charge in [0, 0.05) is 31.8 Å². The molecule has 0 unspecified atom stereocenters. The number of carbonyl (C=O) groups excluding carboxylic acids is 1. The fourth-order valence-corrected chi connectivity index (χ4v) is 2.97. The zero-order chi connectivity index (χ0) is 15.4. The van der Waals surface area contributed by atoms with Crippen LogP contribution in [-0.2, 0) is 11.2 Å². The first-order valence-electron chi connectivity index (χ1n) is 7.99. The van der Waals surface area contributed by atoms with E-state index in [4.69, 9.17) is 0 Å². The van der Waals surface area contributed by atoms with Crippen molar-refractivity contribution in [1.29, 1.82) is 0 Å². The van der Waals surface area contributed by atoms with Gasteiger partial charge in [0.2, 0.25) is 5.91 Å². The first-order chi connectivity index (χ1) is 10.8. The highest BCUT2D eigenvalue weighted by Crippen LogP contribution is 2.25. The van der Waals surface area contributed by atoms with Crippen molar-refractivity contribution in [2.45, 2.75) is 38.5 Å². The maximum absolute atomic E-state index is 11.9. The molecule has 1 saturated heterocycles. The highest BCUT2D eigenvalue weighted by Gasteiger charge is 2.28. The first-order valence-corrected chi connectivity index (χ1v) is 7.99. The molecule has 1 aromatic carbocycles. The molecule has 1 aromatic heterocycles. The summed E-state index contributed by atoms with van der Waals surface area (Å²) in [5, 5.41) is 7.43. The van der Waals surface area contributed by atoms with Crippen molar-refractivity contribution in [3.05, 3.63) is 47.5 Å². The molecule has 2 aromatic rings. The van der Waals surface area contributed by atoms with Crippen LogP contribution in [0.15, 0.2) is 30.3 Å². The smallest absolute Gasteiger partial charge is 0.222 e. The number of likely N-dealkylation sites (tertiary alicyclic amines) is 1. The SMILES string of the molecule is CCCN1C[C@@H](c2n[nH]c(Cc3ccccc3)n2)CCC1=O. The Kier molecular flexibility index (Phi) is 4.51. The number of aromatic amines is 1. The minimum absolute atomic E-state index is 0.255. The number of nitrogens with one attached hydrogen (secondary N) is 1. The molecule has 0 bridgehead atoms. The van der Waals surface area contributed by atoms with E-state index in [9.17, 15) is 4.79 Å². The molecule has 1 aliphatic rings. The topological polar surface area (TPSA) is 61.9 Å². The summed E-state index contributed by atoms with van der Waals surface area (Å²) in [6.07, 6.45) is 3.21. The van der Waals surface area contributed by atoms with E-state index in [1.54, 1.807) is 0 Å². The number of H-pyrrole nitrogens is 1. The molecule has 1 fully saturated rings. The quantitative estimate of drug-likeness (QED) is 0.922. The van der Waals surface area contributed by atoms with Crippen LogP contribution in [-0.4, -0.2) is 39.1 Å². The zero-order valence-electron chi connectivity index (χ0n) is 13.0. The molecule has 1 amide bonds. The van der Waals surface area contributed by atoms with E-state index in [1.165, 1.54) is 5.56 Å². The molecule has 5 heteroatoms. The van der Waals surface area contributed by atoms with Crippen molar-refractivity contribution in [3.63, 3.8) is 0 Å². The molecule has 0 spiro atoms. The predicted molar refractivity (Wildman–Crippen MR) is 84.5 cm³/mol. The summed E-state index contributed by atoms with van der Waals surface area (Å²) in [6, 6.07) is 10.2. The molecular formula is C17H22N4O. The van der Waals surface area contributed by atoms with Gasteiger partial charge in [-0.25, -0.2) is 4.98 Å². The van der Waals surface area contributed by atoms with Gasteiger partial charge < -0.3 is 4.90 Å². The minimum Gasteiger partial charge on any atom is -0.342 e. The molecular weight excluding hydrogens is 276 g/mol. The van der Waals surface area contributed by atoms with Crippen LogP contribution in [0.25, 0.3) is 0 Å². The van der Waals surface area contributed by atoms with Gasteiger partial charge >= 0.3 is 0 Å². The van der Waals surface area contributed by atoms with Crippen LogP contribution in [0.5, 0.6) is 0 Å². The highest BCUT2D eigenvalue weighted by atomic mass is 16.2. The third kappa shape index (κ3) is 3.35. The van der Waals surface area contributed by atoms with Crippen LogP contribution < -0.4 is 0 Å². The Balaban J connectivity index is 1.67. The summed E-state index contributed by atoms with van der Waals surface area (Å²) >= 11 is 0. The molecule has 1 aliphatic heterocycles. The molecule has 2 heterocycles. The number of carbonyl (C=O) groups is 1. The number of hydrogen-bond donors (Lipinski definition) is 1. The molecule has 0 aliphatic carbocycles. The zero-order valence-corrected chi connectivity index (χ0v) is 13.0. The Morgan fingerprint density at radius 1 is 1.32 bits per heavy atom. The van der Waals surface area contributed by atoms with Crippen molar-refractivity contribution in [3.8, 4) is 0 Å². The normalized spacial score (nSPS) is 18.7. The average Bonchev–Trinajstić information content (AvgIpc) is 2.99. The molecule has 1 N–H and O–H groups in total. The second-order valence-corrected chi connectivity index (χ2v) is 5.88. The van der Waals surface area contributed by atoms with E-state index in [-0.39, 0.29) is 11.8 Å². The maximum Gasteiger partial charge on any atom is 0.222 e. The van der Waals surface area contributed by atoms with Crippen LogP contribution in [0.1, 0.15) is 49.3 Å². The summed E-state index contributed by atoms with van der Waals surface area (Å²) in [5.74, 6) is 2.25. The lowest BCUT2D eigenvalue weighted by atomic mass is 9.96. The van der Waals surface area contributed by atoms with Crippen molar-refractivity contribution in [1.82, 2.24) is 20.1 Å². The number of amides is 1. The van der Waals surface area contributed by atoms with Gasteiger partial charge in [-0.1, -0.05) is 37.3 Å². The van der Waals surface area contributed by atoms with E-state index in [0.717, 1.165) is 44.0 Å². The Morgan fingerprint density at radius 2 is 2.14 bits per heavy atom. The molecule has 5 nitrogen and oxygen atoms in total. The van der Waals surface area contributed by atoms with Gasteiger partial charge in [-0.05, 0) is 18.4 Å². The molecule has 116 valence electrons. The Bertz CT molecular complexity index is 623. The van der Waals surface area contributed by atoms with Crippen LogP contribution in [0.2, 0.25) is 0 Å². The minimum atomic E-state index is 0.255. The van der Waals surface area contributed by atoms with Crippen LogP contribution >= 0.6 is 0 Å². The van der Waals surface area contributed by atoms with Gasteiger partial charge in [-0.2, -0.15) is 5.10 Å². The fourth-order valence-electron chi connectivity index (χ4n) is 2.97. The van der Waals surface area contributed by atoms with Gasteiger partial charge in [0.25, 0.3) is 0 Å². The van der Waals surface area contributed by atoms with Gasteiger partial charge in [0.05, 0.1) is 0 Å². The summed E-state index contributed by atoms with van der Waals surface area (Å²) in [4.78, 5) is 18.5. The predicted octanol–water partition coefficient (Wildman–Crippen LogP) is 2.51. The van der Waals surface area contributed by atoms with E-state index < -0.39 is 0 Å². The third-order valence-corrected chi connectivity index (χ3v) is 4.12. The second kappa shape index (κ2) is 6.73. The van der Waals surface area contributed by atoms with E-state index in [2.05, 4.69) is 34.2 Å². The van der Waals surface area contributed by atoms with Gasteiger partial charge in [-0.15, -0.1) is 0 Å². The lowest BCUT2D eigenvalue weighted by Gasteiger charge is -2.31. The summed E-state index contributed by atoms with van der Waals surface area (Å²) in [5.41, 5.74) is 1.22. The number of nitrogens with zero attached hydrogens (tertiary/aromatic N) is 3. The van der Waals surface area contributed by atoms with Gasteiger partial charge in [0.15, 0.2) is 5.82 Å². The largest absolute Gasteiger partial charge is 0.342 e. The fraction of sp³-hybridized carbons (Fsp3) is 0.471. The van der Waals surface area contributed by atoms with E-state index >= 15 is 0 Å². The molecule has 22 heavy (non-hydrogen) atoms. The highest BCUT2D eigenvalue weighted by molar-refractivity contribution is 5.77. The Labute approximate surface area is 130 Å². The number of rotatable bonds is 5. The monoisotopic (exact) mass is 298 g/mol. The Hall–Kier alpha value is -2.17. The van der Waals surface area contributed by atoms with E-state index in [0.29, 0.717) is 6.42 Å². The average molecular weight is 298 g/mol. The van der Waals surface area contributed by atoms with E-state index in [1.807, 2.05) is 23.1 Å². The lowest BCUT2D eigenvalue weighted by molar-refractivity contribution is -0.133. The van der Waals surface area contributed by atoms with Crippen molar-refractivity contribution < 1.29 is 4.79 Å². The summed E-state index contributed by atoms with van der Waals surface area (Å²) in [6.45, 7) is 3.67. The summed E-state index contributed by atoms with van der Waals surface area (Å²) < 4.78 is 0. The number of aromatic nitrogens is 3. The van der Waals surface area contributed by atoms with Crippen molar-refractivity contribution in [2.24, 2.45) is 0 Å². The van der Waals surface area contributed by atoms with Crippen LogP contribution in [0.4, 0.5) is 0 Å². The molecule has 1 atom stereocenters. The van der Waals surface area contributed by atoms with Crippen LogP contribution in [0, 0.1) is 0 Å². The second-order valence-electron chi connectivity index (χ2n) is 5.88. The maximum atomic E-state index is 11.9. The first kappa shape index (κ1) is 14.8. The lowest BCUT2D eigenvalue weighted by Crippen LogP contribution is -2.39. The Morgan fingerprint density at radius 3 is 2.91 bits per heavy atom. The van der Waals surface area contributed by atoms with Crippen LogP contribution in [0.3, 0.4) is 0 Å². The third-order valence-electron chi connectivity index (χ3n) is 4.12. The van der Waals surface area contributed by atoms with Gasteiger partial charge in [0.1, 0.15) is 5.82 Å². The van der Waals surface area contributed by atoms with Crippen molar-refractivity contribution in [2.75, 3.05) is 13.1 Å². The van der Waals surface area contributed by atoms with Crippen molar-refractivity contribution >= 4 is 5.91 Å².